The number of hydrogen-bond donors (Lipinski definition) is 0. The highest BCUT2D eigenvalue weighted by Gasteiger charge is 2.33. The zero-order chi connectivity index (χ0) is 18.1. The van der Waals surface area contributed by atoms with E-state index in [-0.39, 0.29) is 11.3 Å². The summed E-state index contributed by atoms with van der Waals surface area (Å²) in [5, 5.41) is 8.31. The predicted octanol–water partition coefficient (Wildman–Crippen LogP) is 3.23. The fourth-order valence-corrected chi connectivity index (χ4v) is 4.61. The minimum absolute atomic E-state index is 0.0477. The van der Waals surface area contributed by atoms with Crippen LogP contribution in [0.3, 0.4) is 0 Å². The second-order valence-electron chi connectivity index (χ2n) is 7.79. The van der Waals surface area contributed by atoms with Crippen LogP contribution in [0.2, 0.25) is 0 Å². The highest BCUT2D eigenvalue weighted by atomic mass is 32.2. The topological polar surface area (TPSA) is 76.3 Å². The second kappa shape index (κ2) is 6.88. The highest BCUT2D eigenvalue weighted by molar-refractivity contribution is 7.89. The maximum Gasteiger partial charge on any atom is 0.243 e. The van der Waals surface area contributed by atoms with E-state index in [1.165, 1.54) is 4.31 Å². The van der Waals surface area contributed by atoms with E-state index in [2.05, 4.69) is 31.0 Å². The molecular weight excluding hydrogens is 338 g/mol. The van der Waals surface area contributed by atoms with Gasteiger partial charge >= 0.3 is 0 Å². The lowest BCUT2D eigenvalue weighted by molar-refractivity contribution is 0.274. The van der Waals surface area contributed by atoms with Crippen LogP contribution in [0.1, 0.15) is 51.3 Å². The summed E-state index contributed by atoms with van der Waals surface area (Å²) in [6.45, 7) is 7.26. The molecule has 6 nitrogen and oxygen atoms in total. The van der Waals surface area contributed by atoms with Gasteiger partial charge in [-0.25, -0.2) is 8.42 Å². The van der Waals surface area contributed by atoms with E-state index in [0.29, 0.717) is 36.2 Å². The van der Waals surface area contributed by atoms with Gasteiger partial charge in [0.05, 0.1) is 10.8 Å². The van der Waals surface area contributed by atoms with Crippen molar-refractivity contribution in [1.82, 2.24) is 14.5 Å². The van der Waals surface area contributed by atoms with E-state index in [4.69, 9.17) is 4.42 Å². The third-order valence-corrected chi connectivity index (χ3v) is 6.16. The highest BCUT2D eigenvalue weighted by Crippen LogP contribution is 2.30. The van der Waals surface area contributed by atoms with Gasteiger partial charge in [0.15, 0.2) is 0 Å². The van der Waals surface area contributed by atoms with E-state index in [1.54, 1.807) is 24.3 Å². The Morgan fingerprint density at radius 2 is 1.92 bits per heavy atom. The Morgan fingerprint density at radius 1 is 1.20 bits per heavy atom. The van der Waals surface area contributed by atoms with Crippen molar-refractivity contribution in [2.45, 2.75) is 50.8 Å². The third-order valence-electron chi connectivity index (χ3n) is 4.28. The van der Waals surface area contributed by atoms with Gasteiger partial charge in [0, 0.05) is 19.5 Å². The van der Waals surface area contributed by atoms with Crippen LogP contribution < -0.4 is 0 Å². The molecule has 0 aliphatic carbocycles. The summed E-state index contributed by atoms with van der Waals surface area (Å²) < 4.78 is 33.0. The van der Waals surface area contributed by atoms with Crippen LogP contribution in [-0.2, 0) is 16.4 Å². The Balaban J connectivity index is 1.76. The molecule has 2 aromatic rings. The van der Waals surface area contributed by atoms with Crippen molar-refractivity contribution in [3.63, 3.8) is 0 Å². The number of aromatic nitrogens is 2. The first kappa shape index (κ1) is 18.1. The van der Waals surface area contributed by atoms with Crippen LogP contribution in [0.4, 0.5) is 0 Å². The molecule has 0 radical (unpaired) electrons. The molecule has 1 fully saturated rings. The molecule has 0 N–H and O–H groups in total. The van der Waals surface area contributed by atoms with Gasteiger partial charge in [-0.3, -0.25) is 0 Å². The lowest BCUT2D eigenvalue weighted by Gasteiger charge is -2.30. The fraction of sp³-hybridized carbons (Fsp3) is 0.556. The van der Waals surface area contributed by atoms with Crippen molar-refractivity contribution in [3.05, 3.63) is 42.1 Å². The molecule has 1 saturated heterocycles. The average Bonchev–Trinajstić information content (AvgIpc) is 3.02. The molecule has 1 unspecified atom stereocenters. The Labute approximate surface area is 149 Å². The minimum atomic E-state index is -3.48. The summed E-state index contributed by atoms with van der Waals surface area (Å²) in [5.41, 5.74) is 0.0685. The predicted molar refractivity (Wildman–Crippen MR) is 94.6 cm³/mol. The van der Waals surface area contributed by atoms with E-state index in [1.807, 2.05) is 6.07 Å². The van der Waals surface area contributed by atoms with Crippen molar-refractivity contribution < 1.29 is 12.8 Å². The van der Waals surface area contributed by atoms with Gasteiger partial charge in [-0.15, -0.1) is 10.2 Å². The van der Waals surface area contributed by atoms with Crippen LogP contribution in [0.5, 0.6) is 0 Å². The minimum Gasteiger partial charge on any atom is -0.425 e. The Kier molecular flexibility index (Phi) is 4.97. The lowest BCUT2D eigenvalue weighted by Crippen LogP contribution is -2.39. The van der Waals surface area contributed by atoms with Crippen molar-refractivity contribution in [3.8, 4) is 0 Å². The molecular formula is C18H25N3O3S. The van der Waals surface area contributed by atoms with Gasteiger partial charge in [0.1, 0.15) is 0 Å². The summed E-state index contributed by atoms with van der Waals surface area (Å²) >= 11 is 0. The van der Waals surface area contributed by atoms with Crippen molar-refractivity contribution in [2.75, 3.05) is 13.1 Å². The Hall–Kier alpha value is -1.73. The van der Waals surface area contributed by atoms with Gasteiger partial charge in [-0.2, -0.15) is 4.31 Å². The summed E-state index contributed by atoms with van der Waals surface area (Å²) in [7, 11) is -3.48. The van der Waals surface area contributed by atoms with E-state index < -0.39 is 10.0 Å². The zero-order valence-electron chi connectivity index (χ0n) is 15.0. The fourth-order valence-electron chi connectivity index (χ4n) is 3.06. The number of piperidine rings is 1. The standard InChI is InChI=1S/C18H25N3O3S/c1-18(2,3)12-16-19-20-17(24-16)14-8-7-11-21(13-14)25(22,23)15-9-5-4-6-10-15/h4-6,9-10,14H,7-8,11-13H2,1-3H3. The summed E-state index contributed by atoms with van der Waals surface area (Å²) in [4.78, 5) is 0.328. The van der Waals surface area contributed by atoms with Crippen molar-refractivity contribution in [2.24, 2.45) is 5.41 Å². The third kappa shape index (κ3) is 4.27. The van der Waals surface area contributed by atoms with Gasteiger partial charge in [-0.05, 0) is 30.4 Å². The zero-order valence-corrected chi connectivity index (χ0v) is 15.8. The summed E-state index contributed by atoms with van der Waals surface area (Å²) in [6.07, 6.45) is 2.35. The molecule has 0 saturated carbocycles. The molecule has 1 aliphatic rings. The number of hydrogen-bond acceptors (Lipinski definition) is 5. The maximum absolute atomic E-state index is 12.8. The lowest BCUT2D eigenvalue weighted by atomic mass is 9.92. The molecule has 1 aromatic heterocycles. The normalized spacial score (nSPS) is 19.9. The van der Waals surface area contributed by atoms with Crippen LogP contribution in [-0.4, -0.2) is 36.0 Å². The molecule has 3 rings (SSSR count). The molecule has 0 amide bonds. The average molecular weight is 363 g/mol. The van der Waals surface area contributed by atoms with Crippen LogP contribution in [0, 0.1) is 5.41 Å². The quantitative estimate of drug-likeness (QED) is 0.833. The van der Waals surface area contributed by atoms with E-state index in [0.717, 1.165) is 12.8 Å². The van der Waals surface area contributed by atoms with Crippen LogP contribution in [0.25, 0.3) is 0 Å². The first-order valence-corrected chi connectivity index (χ1v) is 10.1. The SMILES string of the molecule is CC(C)(C)Cc1nnc(C2CCCN(S(=O)(=O)c3ccccc3)C2)o1. The molecule has 1 aliphatic heterocycles. The van der Waals surface area contributed by atoms with Crippen molar-refractivity contribution in [1.29, 1.82) is 0 Å². The monoisotopic (exact) mass is 363 g/mol. The van der Waals surface area contributed by atoms with E-state index >= 15 is 0 Å². The van der Waals surface area contributed by atoms with Gasteiger partial charge in [0.2, 0.25) is 21.8 Å². The van der Waals surface area contributed by atoms with Gasteiger partial charge in [-0.1, -0.05) is 39.0 Å². The van der Waals surface area contributed by atoms with Gasteiger partial charge < -0.3 is 4.42 Å². The van der Waals surface area contributed by atoms with E-state index in [9.17, 15) is 8.42 Å². The summed E-state index contributed by atoms with van der Waals surface area (Å²) in [5.74, 6) is 1.12. The maximum atomic E-state index is 12.8. The number of sulfonamides is 1. The van der Waals surface area contributed by atoms with Crippen LogP contribution >= 0.6 is 0 Å². The summed E-state index contributed by atoms with van der Waals surface area (Å²) in [6, 6.07) is 8.56. The van der Waals surface area contributed by atoms with Crippen LogP contribution in [0.15, 0.2) is 39.6 Å². The number of nitrogens with zero attached hydrogens (tertiary/aromatic N) is 3. The molecule has 25 heavy (non-hydrogen) atoms. The van der Waals surface area contributed by atoms with Crippen molar-refractivity contribution >= 4 is 10.0 Å². The molecule has 2 heterocycles. The Morgan fingerprint density at radius 3 is 2.60 bits per heavy atom. The molecule has 1 atom stereocenters. The first-order chi connectivity index (χ1) is 11.8. The number of benzene rings is 1. The van der Waals surface area contributed by atoms with Gasteiger partial charge in [0.25, 0.3) is 0 Å². The first-order valence-electron chi connectivity index (χ1n) is 8.63. The largest absolute Gasteiger partial charge is 0.425 e. The molecule has 7 heteroatoms. The second-order valence-corrected chi connectivity index (χ2v) is 9.72. The molecule has 0 bridgehead atoms. The number of rotatable bonds is 4. The smallest absolute Gasteiger partial charge is 0.243 e. The molecule has 0 spiro atoms. The molecule has 1 aromatic carbocycles. The Bertz CT molecular complexity index is 810. The molecule has 136 valence electrons.